The predicted octanol–water partition coefficient (Wildman–Crippen LogP) is 4.14. The van der Waals surface area contributed by atoms with Crippen LogP contribution in [0.25, 0.3) is 0 Å². The molecule has 0 radical (unpaired) electrons. The fourth-order valence-corrected chi connectivity index (χ4v) is 2.32. The van der Waals surface area contributed by atoms with Gasteiger partial charge in [-0.2, -0.15) is 0 Å². The summed E-state index contributed by atoms with van der Waals surface area (Å²) < 4.78 is 5.62. The zero-order valence-electron chi connectivity index (χ0n) is 11.6. The van der Waals surface area contributed by atoms with Gasteiger partial charge in [-0.1, -0.05) is 36.4 Å². The number of ether oxygens (including phenoxy) is 1. The lowest BCUT2D eigenvalue weighted by Gasteiger charge is -2.28. The number of carbonyl (C=O) groups is 1. The molecule has 0 spiro atoms. The largest absolute Gasteiger partial charge is 0.454 e. The number of allylic oxidation sites excluding steroid dienone is 2. The summed E-state index contributed by atoms with van der Waals surface area (Å²) in [6, 6.07) is 9.13. The summed E-state index contributed by atoms with van der Waals surface area (Å²) >= 11 is 0. The molecule has 1 aliphatic rings. The molecule has 0 bridgehead atoms. The van der Waals surface area contributed by atoms with Gasteiger partial charge in [0.1, 0.15) is 6.10 Å². The Morgan fingerprint density at radius 1 is 1.32 bits per heavy atom. The molecule has 2 atom stereocenters. The lowest BCUT2D eigenvalue weighted by molar-refractivity contribution is 0.0323. The highest BCUT2D eigenvalue weighted by atomic mass is 16.5. The Hall–Kier alpha value is -1.83. The van der Waals surface area contributed by atoms with E-state index < -0.39 is 0 Å². The SMILES string of the molecule is C=C(C)[C@H]1CC=C(C)[C@@H](OC(=O)c2ccccc2)C1. The molecule has 0 fully saturated rings. The Morgan fingerprint density at radius 3 is 2.63 bits per heavy atom. The second-order valence-corrected chi connectivity index (χ2v) is 5.22. The molecule has 2 heteroatoms. The van der Waals surface area contributed by atoms with Crippen molar-refractivity contribution in [2.45, 2.75) is 32.8 Å². The van der Waals surface area contributed by atoms with E-state index in [-0.39, 0.29) is 12.1 Å². The summed E-state index contributed by atoms with van der Waals surface area (Å²) in [7, 11) is 0. The maximum atomic E-state index is 12.1. The van der Waals surface area contributed by atoms with E-state index in [1.807, 2.05) is 32.0 Å². The third kappa shape index (κ3) is 3.34. The number of rotatable bonds is 3. The topological polar surface area (TPSA) is 26.3 Å². The van der Waals surface area contributed by atoms with Gasteiger partial charge in [0.25, 0.3) is 0 Å². The van der Waals surface area contributed by atoms with Gasteiger partial charge in [-0.15, -0.1) is 0 Å². The van der Waals surface area contributed by atoms with Crippen LogP contribution in [0, 0.1) is 5.92 Å². The molecule has 0 amide bonds. The molecule has 19 heavy (non-hydrogen) atoms. The van der Waals surface area contributed by atoms with Crippen LogP contribution in [0.3, 0.4) is 0 Å². The summed E-state index contributed by atoms with van der Waals surface area (Å²) in [6.45, 7) is 8.07. The van der Waals surface area contributed by atoms with Crippen molar-refractivity contribution >= 4 is 5.97 Å². The minimum atomic E-state index is -0.249. The van der Waals surface area contributed by atoms with Crippen LogP contribution in [0.1, 0.15) is 37.0 Å². The third-order valence-electron chi connectivity index (χ3n) is 3.69. The maximum Gasteiger partial charge on any atom is 0.338 e. The van der Waals surface area contributed by atoms with Gasteiger partial charge < -0.3 is 4.74 Å². The van der Waals surface area contributed by atoms with Gasteiger partial charge >= 0.3 is 5.97 Å². The molecule has 1 aromatic carbocycles. The normalized spacial score (nSPS) is 22.5. The molecule has 100 valence electrons. The predicted molar refractivity (Wildman–Crippen MR) is 76.9 cm³/mol. The first kappa shape index (κ1) is 13.6. The van der Waals surface area contributed by atoms with Crippen LogP contribution >= 0.6 is 0 Å². The van der Waals surface area contributed by atoms with Crippen molar-refractivity contribution in [3.8, 4) is 0 Å². The molecule has 1 aromatic rings. The number of carbonyl (C=O) groups excluding carboxylic acids is 1. The van der Waals surface area contributed by atoms with E-state index in [1.165, 1.54) is 0 Å². The van der Waals surface area contributed by atoms with E-state index in [0.29, 0.717) is 11.5 Å². The van der Waals surface area contributed by atoms with Gasteiger partial charge in [-0.05, 0) is 50.3 Å². The van der Waals surface area contributed by atoms with E-state index in [9.17, 15) is 4.79 Å². The quantitative estimate of drug-likeness (QED) is 0.600. The van der Waals surface area contributed by atoms with Crippen LogP contribution in [0.15, 0.2) is 54.1 Å². The van der Waals surface area contributed by atoms with Crippen LogP contribution in [0.2, 0.25) is 0 Å². The summed E-state index contributed by atoms with van der Waals surface area (Å²) in [6.07, 6.45) is 3.88. The lowest BCUT2D eigenvalue weighted by atomic mass is 9.84. The van der Waals surface area contributed by atoms with Crippen molar-refractivity contribution in [1.82, 2.24) is 0 Å². The zero-order valence-corrected chi connectivity index (χ0v) is 11.6. The van der Waals surface area contributed by atoms with Gasteiger partial charge in [-0.3, -0.25) is 0 Å². The second kappa shape index (κ2) is 5.87. The van der Waals surface area contributed by atoms with Crippen molar-refractivity contribution in [2.75, 3.05) is 0 Å². The number of hydrogen-bond donors (Lipinski definition) is 0. The smallest absolute Gasteiger partial charge is 0.338 e. The first-order valence-electron chi connectivity index (χ1n) is 6.66. The average Bonchev–Trinajstić information content (AvgIpc) is 2.42. The van der Waals surface area contributed by atoms with Gasteiger partial charge in [0.15, 0.2) is 0 Å². The van der Waals surface area contributed by atoms with E-state index in [2.05, 4.69) is 12.7 Å². The molecule has 0 heterocycles. The molecular weight excluding hydrogens is 236 g/mol. The van der Waals surface area contributed by atoms with Crippen molar-refractivity contribution in [2.24, 2.45) is 5.92 Å². The summed E-state index contributed by atoms with van der Waals surface area (Å²) in [5, 5.41) is 0. The summed E-state index contributed by atoms with van der Waals surface area (Å²) in [4.78, 5) is 12.1. The molecule has 0 saturated heterocycles. The lowest BCUT2D eigenvalue weighted by Crippen LogP contribution is -2.26. The molecular formula is C17H20O2. The highest BCUT2D eigenvalue weighted by molar-refractivity contribution is 5.89. The van der Waals surface area contributed by atoms with Crippen LogP contribution in [0.4, 0.5) is 0 Å². The second-order valence-electron chi connectivity index (χ2n) is 5.22. The van der Waals surface area contributed by atoms with Gasteiger partial charge in [0.2, 0.25) is 0 Å². The number of hydrogen-bond acceptors (Lipinski definition) is 2. The first-order chi connectivity index (χ1) is 9.08. The van der Waals surface area contributed by atoms with Crippen molar-refractivity contribution in [3.05, 3.63) is 59.7 Å². The standard InChI is InChI=1S/C17H20O2/c1-12(2)15-10-9-13(3)16(11-15)19-17(18)14-7-5-4-6-8-14/h4-9,15-16H,1,10-11H2,2-3H3/t15-,16-/m0/s1. The number of esters is 1. The van der Waals surface area contributed by atoms with Gasteiger partial charge in [-0.25, -0.2) is 4.79 Å². The molecule has 0 aromatic heterocycles. The molecule has 0 aliphatic heterocycles. The maximum absolute atomic E-state index is 12.1. The minimum absolute atomic E-state index is 0.122. The molecule has 0 saturated carbocycles. The summed E-state index contributed by atoms with van der Waals surface area (Å²) in [5.74, 6) is 0.165. The Morgan fingerprint density at radius 2 is 2.00 bits per heavy atom. The van der Waals surface area contributed by atoms with Crippen molar-refractivity contribution in [1.29, 1.82) is 0 Å². The monoisotopic (exact) mass is 256 g/mol. The fourth-order valence-electron chi connectivity index (χ4n) is 2.32. The first-order valence-corrected chi connectivity index (χ1v) is 6.66. The number of benzene rings is 1. The Balaban J connectivity index is 2.06. The molecule has 1 aliphatic carbocycles. The van der Waals surface area contributed by atoms with E-state index in [0.717, 1.165) is 24.0 Å². The Bertz CT molecular complexity index is 499. The Kier molecular flexibility index (Phi) is 4.20. The highest BCUT2D eigenvalue weighted by Gasteiger charge is 2.25. The van der Waals surface area contributed by atoms with Gasteiger partial charge in [0, 0.05) is 0 Å². The van der Waals surface area contributed by atoms with E-state index >= 15 is 0 Å². The molecule has 0 unspecified atom stereocenters. The van der Waals surface area contributed by atoms with E-state index in [1.54, 1.807) is 12.1 Å². The van der Waals surface area contributed by atoms with Gasteiger partial charge in [0.05, 0.1) is 5.56 Å². The highest BCUT2D eigenvalue weighted by Crippen LogP contribution is 2.30. The van der Waals surface area contributed by atoms with Crippen LogP contribution in [-0.4, -0.2) is 12.1 Å². The minimum Gasteiger partial charge on any atom is -0.454 e. The fraction of sp³-hybridized carbons (Fsp3) is 0.353. The van der Waals surface area contributed by atoms with Crippen LogP contribution in [0.5, 0.6) is 0 Å². The van der Waals surface area contributed by atoms with Crippen LogP contribution in [-0.2, 0) is 4.74 Å². The summed E-state index contributed by atoms with van der Waals surface area (Å²) in [5.41, 5.74) is 2.90. The van der Waals surface area contributed by atoms with Crippen LogP contribution < -0.4 is 0 Å². The van der Waals surface area contributed by atoms with Crippen molar-refractivity contribution < 1.29 is 9.53 Å². The molecule has 0 N–H and O–H groups in total. The molecule has 2 rings (SSSR count). The van der Waals surface area contributed by atoms with Crippen molar-refractivity contribution in [3.63, 3.8) is 0 Å². The van der Waals surface area contributed by atoms with E-state index in [4.69, 9.17) is 4.74 Å². The zero-order chi connectivity index (χ0) is 13.8. The molecule has 2 nitrogen and oxygen atoms in total. The third-order valence-corrected chi connectivity index (χ3v) is 3.69. The Labute approximate surface area is 114 Å². The average molecular weight is 256 g/mol.